The van der Waals surface area contributed by atoms with E-state index in [2.05, 4.69) is 87.2 Å². The summed E-state index contributed by atoms with van der Waals surface area (Å²) in [6, 6.07) is 48.0. The van der Waals surface area contributed by atoms with Crippen LogP contribution < -0.4 is 0 Å². The Hall–Kier alpha value is -7.38. The molecule has 0 N–H and O–H groups in total. The number of pyridine rings is 5. The van der Waals surface area contributed by atoms with Gasteiger partial charge in [0.25, 0.3) is 0 Å². The van der Waals surface area contributed by atoms with E-state index in [0.29, 0.717) is 11.5 Å². The van der Waals surface area contributed by atoms with Crippen LogP contribution >= 0.6 is 0 Å². The zero-order chi connectivity index (χ0) is 34.9. The molecule has 0 saturated heterocycles. The van der Waals surface area contributed by atoms with Gasteiger partial charge in [0.05, 0.1) is 50.7 Å². The van der Waals surface area contributed by atoms with Gasteiger partial charge in [0.15, 0.2) is 5.82 Å². The minimum atomic E-state index is 0.610. The fourth-order valence-corrected chi connectivity index (χ4v) is 7.77. The van der Waals surface area contributed by atoms with Crippen molar-refractivity contribution in [3.8, 4) is 56.7 Å². The third-order valence-corrected chi connectivity index (χ3v) is 10.2. The van der Waals surface area contributed by atoms with Crippen LogP contribution in [0.25, 0.3) is 106 Å². The lowest BCUT2D eigenvalue weighted by Crippen LogP contribution is -1.99. The molecule has 246 valence electrons. The smallest absolute Gasteiger partial charge is 0.162 e. The number of rotatable bonds is 5. The van der Waals surface area contributed by atoms with E-state index in [0.717, 1.165) is 61.6 Å². The lowest BCUT2D eigenvalue weighted by atomic mass is 9.99. The third kappa shape index (κ3) is 4.61. The molecule has 0 spiro atoms. The molecular weight excluding hydrogens is 651 g/mol. The Balaban J connectivity index is 1.17. The van der Waals surface area contributed by atoms with Crippen LogP contribution in [0.5, 0.6) is 0 Å². The van der Waals surface area contributed by atoms with Gasteiger partial charge in [-0.2, -0.15) is 0 Å². The van der Waals surface area contributed by atoms with Crippen LogP contribution in [0.4, 0.5) is 0 Å². The third-order valence-electron chi connectivity index (χ3n) is 10.2. The van der Waals surface area contributed by atoms with Gasteiger partial charge in [-0.15, -0.1) is 0 Å². The highest BCUT2D eigenvalue weighted by atomic mass is 14.9. The van der Waals surface area contributed by atoms with E-state index in [-0.39, 0.29) is 0 Å². The number of hydrogen-bond acceptors (Lipinski definition) is 6. The predicted molar refractivity (Wildman–Crippen MR) is 213 cm³/mol. The summed E-state index contributed by atoms with van der Waals surface area (Å²) >= 11 is 0. The van der Waals surface area contributed by atoms with E-state index < -0.39 is 0 Å². The summed E-state index contributed by atoms with van der Waals surface area (Å²) in [7, 11) is 0. The lowest BCUT2D eigenvalue weighted by molar-refractivity contribution is 1.16. The van der Waals surface area contributed by atoms with Gasteiger partial charge >= 0.3 is 0 Å². The molecule has 0 saturated carbocycles. The number of fused-ring (bicyclic) bond motifs is 5. The first kappa shape index (κ1) is 29.4. The van der Waals surface area contributed by atoms with Gasteiger partial charge in [-0.25, -0.2) is 9.97 Å². The molecule has 7 heteroatoms. The van der Waals surface area contributed by atoms with Crippen LogP contribution in [-0.4, -0.2) is 34.3 Å². The van der Waals surface area contributed by atoms with Crippen molar-refractivity contribution >= 4 is 48.9 Å². The monoisotopic (exact) mass is 677 g/mol. The first-order valence-electron chi connectivity index (χ1n) is 17.5. The molecule has 0 aliphatic carbocycles. The Bertz CT molecular complexity index is 3030. The average molecular weight is 678 g/mol. The molecule has 0 amide bonds. The van der Waals surface area contributed by atoms with Crippen LogP contribution in [0.15, 0.2) is 164 Å². The summed E-state index contributed by atoms with van der Waals surface area (Å²) in [5.41, 5.74) is 10.8. The van der Waals surface area contributed by atoms with Crippen molar-refractivity contribution in [3.05, 3.63) is 164 Å². The Labute approximate surface area is 303 Å². The van der Waals surface area contributed by atoms with Crippen LogP contribution in [-0.2, 0) is 0 Å². The standard InChI is InChI=1S/C46H27N7/c1-3-23-47-36(16-1)29-19-22-39(50-26-29)41-25-40(30-20-21-38(49-27-30)37-17-2-4-24-48-37)51-46(52-41)35-15-8-14-34-33-13-7-12-32-31-11-5-9-28-10-6-18-42(43(28)31)53(44(32)33)45(34)35/h1-27H. The highest BCUT2D eigenvalue weighted by Crippen LogP contribution is 2.43. The highest BCUT2D eigenvalue weighted by molar-refractivity contribution is 6.27. The van der Waals surface area contributed by atoms with Gasteiger partial charge < -0.3 is 4.40 Å². The van der Waals surface area contributed by atoms with Gasteiger partial charge in [0.1, 0.15) is 0 Å². The highest BCUT2D eigenvalue weighted by Gasteiger charge is 2.22. The first-order chi connectivity index (χ1) is 26.3. The number of nitrogens with zero attached hydrogens (tertiary/aromatic N) is 7. The van der Waals surface area contributed by atoms with E-state index in [9.17, 15) is 0 Å². The summed E-state index contributed by atoms with van der Waals surface area (Å²) in [6.07, 6.45) is 7.28. The zero-order valence-electron chi connectivity index (χ0n) is 28.2. The Morgan fingerprint density at radius 2 is 0.981 bits per heavy atom. The Morgan fingerprint density at radius 1 is 0.396 bits per heavy atom. The number of para-hydroxylation sites is 2. The van der Waals surface area contributed by atoms with Crippen molar-refractivity contribution in [2.24, 2.45) is 0 Å². The largest absolute Gasteiger partial charge is 0.307 e. The molecule has 11 rings (SSSR count). The molecule has 0 unspecified atom stereocenters. The molecule has 0 radical (unpaired) electrons. The maximum atomic E-state index is 5.28. The fourth-order valence-electron chi connectivity index (χ4n) is 7.77. The van der Waals surface area contributed by atoms with E-state index >= 15 is 0 Å². The quantitative estimate of drug-likeness (QED) is 0.133. The van der Waals surface area contributed by atoms with Gasteiger partial charge in [-0.05, 0) is 77.5 Å². The van der Waals surface area contributed by atoms with Crippen molar-refractivity contribution in [1.82, 2.24) is 34.3 Å². The number of benzene rings is 4. The van der Waals surface area contributed by atoms with Crippen molar-refractivity contribution < 1.29 is 0 Å². The summed E-state index contributed by atoms with van der Waals surface area (Å²) in [4.78, 5) is 29.2. The Kier molecular flexibility index (Phi) is 6.42. The van der Waals surface area contributed by atoms with Crippen molar-refractivity contribution in [2.45, 2.75) is 0 Å². The topological polar surface area (TPSA) is 81.8 Å². The minimum absolute atomic E-state index is 0.610. The Morgan fingerprint density at radius 3 is 1.70 bits per heavy atom. The number of hydrogen-bond donors (Lipinski definition) is 0. The van der Waals surface area contributed by atoms with Crippen molar-refractivity contribution in [1.29, 1.82) is 0 Å². The minimum Gasteiger partial charge on any atom is -0.307 e. The maximum Gasteiger partial charge on any atom is 0.162 e. The zero-order valence-corrected chi connectivity index (χ0v) is 28.2. The summed E-state index contributed by atoms with van der Waals surface area (Å²) in [5.74, 6) is 0.610. The molecule has 4 aromatic carbocycles. The van der Waals surface area contributed by atoms with Crippen molar-refractivity contribution in [2.75, 3.05) is 0 Å². The van der Waals surface area contributed by atoms with Gasteiger partial charge in [-0.3, -0.25) is 19.9 Å². The van der Waals surface area contributed by atoms with E-state index in [4.69, 9.17) is 19.9 Å². The molecule has 0 bridgehead atoms. The predicted octanol–water partition coefficient (Wildman–Crippen LogP) is 10.7. The molecular formula is C46H27N7. The second-order valence-corrected chi connectivity index (χ2v) is 13.2. The van der Waals surface area contributed by atoms with Crippen LogP contribution in [0, 0.1) is 0 Å². The van der Waals surface area contributed by atoms with Gasteiger partial charge in [0.2, 0.25) is 0 Å². The van der Waals surface area contributed by atoms with E-state index in [1.165, 1.54) is 32.4 Å². The molecule has 0 aliphatic rings. The van der Waals surface area contributed by atoms with Gasteiger partial charge in [-0.1, -0.05) is 72.8 Å². The molecule has 7 nitrogen and oxygen atoms in total. The van der Waals surface area contributed by atoms with Crippen LogP contribution in [0.2, 0.25) is 0 Å². The van der Waals surface area contributed by atoms with Crippen molar-refractivity contribution in [3.63, 3.8) is 0 Å². The van der Waals surface area contributed by atoms with E-state index in [1.807, 2.05) is 79.1 Å². The normalized spacial score (nSPS) is 11.8. The summed E-state index contributed by atoms with van der Waals surface area (Å²) in [5, 5.41) is 7.28. The maximum absolute atomic E-state index is 5.28. The lowest BCUT2D eigenvalue weighted by Gasteiger charge is -2.14. The molecule has 0 fully saturated rings. The van der Waals surface area contributed by atoms with E-state index in [1.54, 1.807) is 12.4 Å². The molecule has 0 atom stereocenters. The first-order valence-corrected chi connectivity index (χ1v) is 17.5. The second-order valence-electron chi connectivity index (χ2n) is 13.2. The fraction of sp³-hybridized carbons (Fsp3) is 0. The molecule has 7 aromatic heterocycles. The average Bonchev–Trinajstić information content (AvgIpc) is 3.59. The SMILES string of the molecule is c1ccc(-c2ccc(-c3cc(-c4ccc(-c5ccccn5)nc4)nc(-c4cccc5c6cccc7c8cccc9cccc(c98)n(c45)c76)n3)nc2)nc1. The van der Waals surface area contributed by atoms with Gasteiger partial charge in [0, 0.05) is 63.0 Å². The van der Waals surface area contributed by atoms with Crippen LogP contribution in [0.1, 0.15) is 0 Å². The summed E-state index contributed by atoms with van der Waals surface area (Å²) < 4.78 is 2.42. The number of aromatic nitrogens is 7. The molecule has 7 heterocycles. The summed E-state index contributed by atoms with van der Waals surface area (Å²) in [6.45, 7) is 0. The second kappa shape index (κ2) is 11.6. The molecule has 11 aromatic rings. The molecule has 53 heavy (non-hydrogen) atoms. The van der Waals surface area contributed by atoms with Crippen LogP contribution in [0.3, 0.4) is 0 Å². The molecule has 0 aliphatic heterocycles.